The van der Waals surface area contributed by atoms with Crippen LogP contribution in [0.15, 0.2) is 59.1 Å². The normalized spacial score (nSPS) is 26.1. The summed E-state index contributed by atoms with van der Waals surface area (Å²) in [5.74, 6) is -6.67. The molecule has 5 rings (SSSR count). The Morgan fingerprint density at radius 1 is 1.12 bits per heavy atom. The van der Waals surface area contributed by atoms with Crippen LogP contribution < -0.4 is 11.5 Å². The van der Waals surface area contributed by atoms with E-state index in [1.165, 1.54) is 11.0 Å². The number of nitrogens with two attached hydrogens (primary N) is 2. The summed E-state index contributed by atoms with van der Waals surface area (Å²) in [5, 5.41) is 44.8. The largest absolute Gasteiger partial charge is 0.510 e. The van der Waals surface area contributed by atoms with Crippen LogP contribution in [0.3, 0.4) is 0 Å². The minimum absolute atomic E-state index is 0.00866. The number of benzene rings is 2. The van der Waals surface area contributed by atoms with Gasteiger partial charge in [-0.05, 0) is 80.6 Å². The third-order valence-electron chi connectivity index (χ3n) is 8.51. The van der Waals surface area contributed by atoms with E-state index in [0.29, 0.717) is 12.1 Å². The Morgan fingerprint density at radius 3 is 2.50 bits per heavy atom. The fraction of sp³-hybridized carbons (Fsp3) is 0.367. The van der Waals surface area contributed by atoms with Gasteiger partial charge >= 0.3 is 0 Å². The highest BCUT2D eigenvalue weighted by atomic mass is 16.3. The second kappa shape index (κ2) is 9.88. The smallest absolute Gasteiger partial charge is 0.255 e. The molecule has 0 radical (unpaired) electrons. The highest BCUT2D eigenvalue weighted by Crippen LogP contribution is 2.53. The molecule has 0 saturated carbocycles. The third-order valence-corrected chi connectivity index (χ3v) is 8.51. The number of likely N-dealkylation sites (N-methyl/N-ethyl adjacent to an activating group) is 1. The monoisotopic (exact) mass is 547 g/mol. The standard InChI is InChI=1S/C30H33N3O7/c1-33(2)24-19-13-16-12-18-17(15-7-3-5-14(11-15)6-4-10-31)8-9-20(34)22(18)25(35)21(16)27(37)30(19,40)28(38)23(26(24)36)29(32)39/h3,5,7-9,11,16,19,24,34,36-37,40H,4,6,10,12-13,31H2,1-2H3,(H2,32,39)/t16-,19-,24-,30-/m0/s1. The average molecular weight is 548 g/mol. The first-order valence-electron chi connectivity index (χ1n) is 13.2. The molecule has 0 saturated heterocycles. The number of allylic oxidation sites excluding steroid dienone is 1. The molecule has 10 heteroatoms. The van der Waals surface area contributed by atoms with E-state index in [2.05, 4.69) is 0 Å². The molecule has 0 aliphatic heterocycles. The summed E-state index contributed by atoms with van der Waals surface area (Å²) in [6.07, 6.45) is 1.88. The maximum Gasteiger partial charge on any atom is 0.255 e. The molecule has 210 valence electrons. The fourth-order valence-corrected chi connectivity index (χ4v) is 6.72. The van der Waals surface area contributed by atoms with Crippen LogP contribution in [0.4, 0.5) is 0 Å². The van der Waals surface area contributed by atoms with Crippen molar-refractivity contribution in [3.05, 3.63) is 75.8 Å². The molecule has 1 amide bonds. The number of ketones is 2. The number of phenols is 1. The summed E-state index contributed by atoms with van der Waals surface area (Å²) in [5.41, 5.74) is 10.7. The topological polar surface area (TPSA) is 187 Å². The fourth-order valence-electron chi connectivity index (χ4n) is 6.72. The summed E-state index contributed by atoms with van der Waals surface area (Å²) in [7, 11) is 3.20. The molecule has 0 spiro atoms. The van der Waals surface area contributed by atoms with Crippen molar-refractivity contribution in [3.63, 3.8) is 0 Å². The molecule has 40 heavy (non-hydrogen) atoms. The zero-order chi connectivity index (χ0) is 29.1. The Bertz CT molecular complexity index is 1510. The third kappa shape index (κ3) is 3.94. The number of nitrogens with zero attached hydrogens (tertiary/aromatic N) is 1. The zero-order valence-corrected chi connectivity index (χ0v) is 22.3. The SMILES string of the molecule is CN(C)[C@@H]1C(O)=C(C(N)=O)C(=O)[C@@]2(O)C(O)=C3C(=O)c4c(O)ccc(-c5cccc(CCCN)c5)c4C[C@H]3C[C@@H]12. The number of Topliss-reactive ketones (excluding diaryl/α,β-unsaturated/α-hetero) is 2. The van der Waals surface area contributed by atoms with Gasteiger partial charge in [-0.1, -0.05) is 30.3 Å². The van der Waals surface area contributed by atoms with Gasteiger partial charge in [0.25, 0.3) is 5.91 Å². The molecule has 0 heterocycles. The van der Waals surface area contributed by atoms with Crippen molar-refractivity contribution in [1.82, 2.24) is 4.90 Å². The lowest BCUT2D eigenvalue weighted by Crippen LogP contribution is -2.63. The summed E-state index contributed by atoms with van der Waals surface area (Å²) < 4.78 is 0. The van der Waals surface area contributed by atoms with Gasteiger partial charge in [0.2, 0.25) is 5.78 Å². The van der Waals surface area contributed by atoms with Gasteiger partial charge < -0.3 is 31.9 Å². The van der Waals surface area contributed by atoms with Gasteiger partial charge in [-0.2, -0.15) is 0 Å². The molecule has 0 aromatic heterocycles. The van der Waals surface area contributed by atoms with Crippen LogP contribution >= 0.6 is 0 Å². The predicted octanol–water partition coefficient (Wildman–Crippen LogP) is 1.68. The number of amides is 1. The number of aliphatic hydroxyl groups is 3. The highest BCUT2D eigenvalue weighted by molar-refractivity contribution is 6.24. The molecular weight excluding hydrogens is 514 g/mol. The zero-order valence-electron chi connectivity index (χ0n) is 22.3. The Balaban J connectivity index is 1.68. The molecule has 2 aromatic carbocycles. The first-order valence-corrected chi connectivity index (χ1v) is 13.2. The van der Waals surface area contributed by atoms with Gasteiger partial charge in [0, 0.05) is 11.5 Å². The van der Waals surface area contributed by atoms with Crippen LogP contribution in [0.2, 0.25) is 0 Å². The summed E-state index contributed by atoms with van der Waals surface area (Å²) >= 11 is 0. The molecule has 3 aliphatic carbocycles. The Hall–Kier alpha value is -3.99. The maximum absolute atomic E-state index is 13.9. The van der Waals surface area contributed by atoms with E-state index in [0.717, 1.165) is 29.5 Å². The first kappa shape index (κ1) is 27.6. The summed E-state index contributed by atoms with van der Waals surface area (Å²) in [4.78, 5) is 41.0. The van der Waals surface area contributed by atoms with Crippen molar-refractivity contribution in [3.8, 4) is 16.9 Å². The van der Waals surface area contributed by atoms with Gasteiger partial charge in [0.1, 0.15) is 22.8 Å². The lowest BCUT2D eigenvalue weighted by Gasteiger charge is -2.50. The van der Waals surface area contributed by atoms with Gasteiger partial charge in [-0.3, -0.25) is 19.3 Å². The van der Waals surface area contributed by atoms with E-state index in [4.69, 9.17) is 11.5 Å². The molecular formula is C30H33N3O7. The van der Waals surface area contributed by atoms with Gasteiger partial charge in [-0.25, -0.2) is 0 Å². The van der Waals surface area contributed by atoms with Crippen LogP contribution in [0.1, 0.15) is 34.3 Å². The molecule has 0 bridgehead atoms. The maximum atomic E-state index is 13.9. The van der Waals surface area contributed by atoms with Crippen molar-refractivity contribution in [2.45, 2.75) is 37.3 Å². The minimum atomic E-state index is -2.66. The quantitative estimate of drug-likeness (QED) is 0.292. The number of carbonyl (C=O) groups is 3. The lowest BCUT2D eigenvalue weighted by molar-refractivity contribution is -0.148. The first-order chi connectivity index (χ1) is 18.9. The number of hydrogen-bond donors (Lipinski definition) is 6. The predicted molar refractivity (Wildman–Crippen MR) is 146 cm³/mol. The number of fused-ring (bicyclic) bond motifs is 3. The second-order valence-electron chi connectivity index (χ2n) is 11.0. The van der Waals surface area contributed by atoms with E-state index in [-0.39, 0.29) is 29.7 Å². The molecule has 8 N–H and O–H groups in total. The van der Waals surface area contributed by atoms with E-state index < -0.39 is 58.0 Å². The van der Waals surface area contributed by atoms with Crippen molar-refractivity contribution >= 4 is 17.5 Å². The average Bonchev–Trinajstić information content (AvgIpc) is 2.89. The molecule has 3 aliphatic rings. The van der Waals surface area contributed by atoms with Crippen molar-refractivity contribution in [2.24, 2.45) is 23.3 Å². The van der Waals surface area contributed by atoms with Crippen LogP contribution in [-0.2, 0) is 22.4 Å². The number of hydrogen-bond acceptors (Lipinski definition) is 9. The van der Waals surface area contributed by atoms with Gasteiger partial charge in [0.05, 0.1) is 11.6 Å². The minimum Gasteiger partial charge on any atom is -0.510 e. The highest BCUT2D eigenvalue weighted by Gasteiger charge is 2.63. The number of rotatable bonds is 6. The van der Waals surface area contributed by atoms with Crippen LogP contribution in [0.5, 0.6) is 5.75 Å². The number of primary amides is 1. The van der Waals surface area contributed by atoms with Crippen molar-refractivity contribution in [1.29, 1.82) is 0 Å². The van der Waals surface area contributed by atoms with Gasteiger partial charge in [-0.15, -0.1) is 0 Å². The van der Waals surface area contributed by atoms with Crippen LogP contribution in [0.25, 0.3) is 11.1 Å². The van der Waals surface area contributed by atoms with Crippen molar-refractivity contribution in [2.75, 3.05) is 20.6 Å². The number of aliphatic hydroxyl groups excluding tert-OH is 2. The molecule has 4 atom stereocenters. The number of carbonyl (C=O) groups excluding carboxylic acids is 3. The Labute approximate surface area is 231 Å². The van der Waals surface area contributed by atoms with E-state index >= 15 is 0 Å². The Kier molecular flexibility index (Phi) is 6.81. The molecule has 0 unspecified atom stereocenters. The Morgan fingerprint density at radius 2 is 1.85 bits per heavy atom. The summed E-state index contributed by atoms with van der Waals surface area (Å²) in [6, 6.07) is 9.98. The number of aromatic hydroxyl groups is 1. The van der Waals surface area contributed by atoms with Gasteiger partial charge in [0.15, 0.2) is 11.4 Å². The number of phenolic OH excluding ortho intramolecular Hbond substituents is 1. The van der Waals surface area contributed by atoms with E-state index in [9.17, 15) is 34.8 Å². The van der Waals surface area contributed by atoms with E-state index in [1.54, 1.807) is 20.2 Å². The molecule has 0 fully saturated rings. The summed E-state index contributed by atoms with van der Waals surface area (Å²) in [6.45, 7) is 0.559. The van der Waals surface area contributed by atoms with Crippen LogP contribution in [-0.4, -0.2) is 75.1 Å². The number of aryl methyl sites for hydroxylation is 1. The van der Waals surface area contributed by atoms with E-state index in [1.807, 2.05) is 24.3 Å². The van der Waals surface area contributed by atoms with Crippen molar-refractivity contribution < 1.29 is 34.8 Å². The second-order valence-corrected chi connectivity index (χ2v) is 11.0. The van der Waals surface area contributed by atoms with Crippen LogP contribution in [0, 0.1) is 11.8 Å². The lowest BCUT2D eigenvalue weighted by atomic mass is 9.58. The molecule has 10 nitrogen and oxygen atoms in total. The molecule has 2 aromatic rings.